The molecule has 1 aliphatic carbocycles. The summed E-state index contributed by atoms with van der Waals surface area (Å²) in [5.41, 5.74) is 1.47. The van der Waals surface area contributed by atoms with E-state index in [4.69, 9.17) is 4.74 Å². The third-order valence-corrected chi connectivity index (χ3v) is 3.31. The molecule has 1 aromatic rings. The molecule has 0 unspecified atom stereocenters. The number of hydrogen-bond acceptors (Lipinski definition) is 1. The molecule has 0 bridgehead atoms. The second-order valence-corrected chi connectivity index (χ2v) is 5.07. The van der Waals surface area contributed by atoms with Crippen LogP contribution in [0.4, 0.5) is 0 Å². The van der Waals surface area contributed by atoms with Crippen LogP contribution in [0.25, 0.3) is 0 Å². The number of rotatable bonds is 3. The summed E-state index contributed by atoms with van der Waals surface area (Å²) in [6, 6.07) is 8.67. The molecule has 1 nitrogen and oxygen atoms in total. The summed E-state index contributed by atoms with van der Waals surface area (Å²) < 4.78 is 5.75. The first-order valence-electron chi connectivity index (χ1n) is 6.52. The lowest BCUT2D eigenvalue weighted by atomic mass is 9.84. The van der Waals surface area contributed by atoms with Crippen molar-refractivity contribution in [1.82, 2.24) is 0 Å². The Morgan fingerprint density at radius 2 is 1.88 bits per heavy atom. The van der Waals surface area contributed by atoms with E-state index in [0.29, 0.717) is 0 Å². The molecule has 1 heteroatoms. The first kappa shape index (κ1) is 11.5. The van der Waals surface area contributed by atoms with Crippen molar-refractivity contribution < 1.29 is 4.74 Å². The van der Waals surface area contributed by atoms with Crippen molar-refractivity contribution in [2.45, 2.75) is 58.0 Å². The molecule has 88 valence electrons. The second kappa shape index (κ2) is 5.38. The van der Waals surface area contributed by atoms with Gasteiger partial charge in [-0.25, -0.2) is 0 Å². The Hall–Kier alpha value is -0.980. The van der Waals surface area contributed by atoms with E-state index >= 15 is 0 Å². The fourth-order valence-electron chi connectivity index (χ4n) is 2.55. The van der Waals surface area contributed by atoms with Crippen LogP contribution in [0, 0.1) is 0 Å². The van der Waals surface area contributed by atoms with E-state index in [0.717, 1.165) is 11.7 Å². The highest BCUT2D eigenvalue weighted by atomic mass is 16.5. The average molecular weight is 218 g/mol. The molecular formula is C15H22O. The van der Waals surface area contributed by atoms with Crippen LogP contribution in [0.1, 0.15) is 57.4 Å². The molecular weight excluding hydrogens is 196 g/mol. The van der Waals surface area contributed by atoms with E-state index < -0.39 is 0 Å². The maximum absolute atomic E-state index is 5.75. The predicted molar refractivity (Wildman–Crippen MR) is 68.0 cm³/mol. The summed E-state index contributed by atoms with van der Waals surface area (Å²) >= 11 is 0. The van der Waals surface area contributed by atoms with Crippen LogP contribution in [0.15, 0.2) is 24.3 Å². The van der Waals surface area contributed by atoms with E-state index in [-0.39, 0.29) is 6.10 Å². The van der Waals surface area contributed by atoms with Crippen LogP contribution in [0.5, 0.6) is 5.75 Å². The van der Waals surface area contributed by atoms with Crippen LogP contribution in [-0.4, -0.2) is 6.10 Å². The molecule has 1 saturated carbocycles. The monoisotopic (exact) mass is 218 g/mol. The molecule has 1 aromatic carbocycles. The zero-order valence-electron chi connectivity index (χ0n) is 10.4. The van der Waals surface area contributed by atoms with Gasteiger partial charge < -0.3 is 4.74 Å². The molecule has 0 N–H and O–H groups in total. The van der Waals surface area contributed by atoms with Crippen molar-refractivity contribution in [3.8, 4) is 5.75 Å². The third kappa shape index (κ3) is 3.01. The van der Waals surface area contributed by atoms with E-state index in [2.05, 4.69) is 38.1 Å². The van der Waals surface area contributed by atoms with Crippen LogP contribution >= 0.6 is 0 Å². The van der Waals surface area contributed by atoms with Crippen molar-refractivity contribution in [1.29, 1.82) is 0 Å². The third-order valence-electron chi connectivity index (χ3n) is 3.31. The van der Waals surface area contributed by atoms with Gasteiger partial charge in [-0.3, -0.25) is 0 Å². The molecule has 0 amide bonds. The van der Waals surface area contributed by atoms with Gasteiger partial charge in [0.2, 0.25) is 0 Å². The molecule has 2 rings (SSSR count). The van der Waals surface area contributed by atoms with Crippen molar-refractivity contribution in [2.75, 3.05) is 0 Å². The largest absolute Gasteiger partial charge is 0.491 e. The molecule has 0 heterocycles. The van der Waals surface area contributed by atoms with Gasteiger partial charge in [-0.05, 0) is 50.3 Å². The van der Waals surface area contributed by atoms with Gasteiger partial charge in [0, 0.05) is 0 Å². The fraction of sp³-hybridized carbons (Fsp3) is 0.600. The Bertz CT molecular complexity index is 324. The van der Waals surface area contributed by atoms with Crippen molar-refractivity contribution in [3.63, 3.8) is 0 Å². The van der Waals surface area contributed by atoms with Gasteiger partial charge in [-0.15, -0.1) is 0 Å². The van der Waals surface area contributed by atoms with E-state index in [1.165, 1.54) is 37.7 Å². The summed E-state index contributed by atoms with van der Waals surface area (Å²) in [5, 5.41) is 0. The van der Waals surface area contributed by atoms with Crippen LogP contribution < -0.4 is 4.74 Å². The Morgan fingerprint density at radius 3 is 2.56 bits per heavy atom. The van der Waals surface area contributed by atoms with Crippen LogP contribution in [0.2, 0.25) is 0 Å². The number of hydrogen-bond donors (Lipinski definition) is 0. The lowest BCUT2D eigenvalue weighted by Crippen LogP contribution is -2.07. The van der Waals surface area contributed by atoms with Crippen LogP contribution in [0.3, 0.4) is 0 Å². The maximum Gasteiger partial charge on any atom is 0.119 e. The Morgan fingerprint density at radius 1 is 1.12 bits per heavy atom. The first-order valence-corrected chi connectivity index (χ1v) is 6.52. The summed E-state index contributed by atoms with van der Waals surface area (Å²) in [6.45, 7) is 4.15. The van der Waals surface area contributed by atoms with Gasteiger partial charge >= 0.3 is 0 Å². The minimum atomic E-state index is 0.265. The van der Waals surface area contributed by atoms with Gasteiger partial charge in [0.25, 0.3) is 0 Å². The highest BCUT2D eigenvalue weighted by Crippen LogP contribution is 2.33. The molecule has 1 aliphatic rings. The highest BCUT2D eigenvalue weighted by Gasteiger charge is 2.15. The number of benzene rings is 1. The Kier molecular flexibility index (Phi) is 3.87. The molecule has 0 radical (unpaired) electrons. The van der Waals surface area contributed by atoms with E-state index in [1.54, 1.807) is 0 Å². The van der Waals surface area contributed by atoms with E-state index in [9.17, 15) is 0 Å². The molecule has 0 aliphatic heterocycles. The van der Waals surface area contributed by atoms with Crippen molar-refractivity contribution in [3.05, 3.63) is 29.8 Å². The predicted octanol–water partition coefficient (Wildman–Crippen LogP) is 4.52. The van der Waals surface area contributed by atoms with E-state index in [1.807, 2.05) is 0 Å². The summed E-state index contributed by atoms with van der Waals surface area (Å²) in [5.74, 6) is 1.79. The molecule has 1 fully saturated rings. The Balaban J connectivity index is 2.08. The molecule has 0 atom stereocenters. The SMILES string of the molecule is CC(C)Oc1cccc(C2CCCCC2)c1. The molecule has 0 aromatic heterocycles. The molecule has 0 saturated heterocycles. The topological polar surface area (TPSA) is 9.23 Å². The minimum absolute atomic E-state index is 0.265. The zero-order valence-corrected chi connectivity index (χ0v) is 10.4. The van der Waals surface area contributed by atoms with Crippen LogP contribution in [-0.2, 0) is 0 Å². The standard InChI is InChI=1S/C15H22O/c1-12(2)16-15-10-6-9-14(11-15)13-7-4-3-5-8-13/h6,9-13H,3-5,7-8H2,1-2H3. The van der Waals surface area contributed by atoms with Gasteiger partial charge in [-0.2, -0.15) is 0 Å². The van der Waals surface area contributed by atoms with Gasteiger partial charge in [0.15, 0.2) is 0 Å². The average Bonchev–Trinajstić information content (AvgIpc) is 2.30. The quantitative estimate of drug-likeness (QED) is 0.724. The van der Waals surface area contributed by atoms with Gasteiger partial charge in [-0.1, -0.05) is 31.4 Å². The maximum atomic E-state index is 5.75. The lowest BCUT2D eigenvalue weighted by molar-refractivity contribution is 0.242. The first-order chi connectivity index (χ1) is 7.75. The lowest BCUT2D eigenvalue weighted by Gasteiger charge is -2.22. The van der Waals surface area contributed by atoms with Crippen molar-refractivity contribution >= 4 is 0 Å². The summed E-state index contributed by atoms with van der Waals surface area (Å²) in [6.07, 6.45) is 7.16. The smallest absolute Gasteiger partial charge is 0.119 e. The van der Waals surface area contributed by atoms with Gasteiger partial charge in [0.1, 0.15) is 5.75 Å². The van der Waals surface area contributed by atoms with Crippen molar-refractivity contribution in [2.24, 2.45) is 0 Å². The summed E-state index contributed by atoms with van der Waals surface area (Å²) in [4.78, 5) is 0. The second-order valence-electron chi connectivity index (χ2n) is 5.07. The summed E-state index contributed by atoms with van der Waals surface area (Å²) in [7, 11) is 0. The molecule has 16 heavy (non-hydrogen) atoms. The number of ether oxygens (including phenoxy) is 1. The minimum Gasteiger partial charge on any atom is -0.491 e. The fourth-order valence-corrected chi connectivity index (χ4v) is 2.55. The normalized spacial score (nSPS) is 17.7. The van der Waals surface area contributed by atoms with Gasteiger partial charge in [0.05, 0.1) is 6.10 Å². The zero-order chi connectivity index (χ0) is 11.4. The Labute approximate surface area is 98.8 Å². The molecule has 0 spiro atoms. The highest BCUT2D eigenvalue weighted by molar-refractivity contribution is 5.31.